The second-order valence-electron chi connectivity index (χ2n) is 3.76. The number of thiazole rings is 1. The Bertz CT molecular complexity index is 360. The highest BCUT2D eigenvalue weighted by atomic mass is 32.1. The third-order valence-electron chi connectivity index (χ3n) is 2.27. The molecule has 0 aliphatic heterocycles. The van der Waals surface area contributed by atoms with Crippen molar-refractivity contribution in [2.45, 2.75) is 39.7 Å². The fourth-order valence-electron chi connectivity index (χ4n) is 1.31. The van der Waals surface area contributed by atoms with Crippen LogP contribution in [0.25, 0.3) is 0 Å². The molecule has 0 saturated carbocycles. The maximum Gasteiger partial charge on any atom is 0.206 e. The summed E-state index contributed by atoms with van der Waals surface area (Å²) >= 11 is 1.72. The van der Waals surface area contributed by atoms with Crippen LogP contribution in [0.15, 0.2) is 11.2 Å². The first kappa shape index (κ1) is 13.9. The Morgan fingerprint density at radius 3 is 2.88 bits per heavy atom. The largest absolute Gasteiger partial charge is 0.346 e. The van der Waals surface area contributed by atoms with Gasteiger partial charge in [0.25, 0.3) is 0 Å². The molecular formula is C11H21N5S. The molecule has 1 aromatic heterocycles. The quantitative estimate of drug-likeness (QED) is 0.323. The summed E-state index contributed by atoms with van der Waals surface area (Å²) in [7, 11) is 0. The van der Waals surface area contributed by atoms with Crippen LogP contribution in [0.3, 0.4) is 0 Å². The highest BCUT2D eigenvalue weighted by molar-refractivity contribution is 7.11. The summed E-state index contributed by atoms with van der Waals surface area (Å²) in [6.45, 7) is 7.02. The molecule has 1 aromatic rings. The van der Waals surface area contributed by atoms with Crippen LogP contribution in [0.2, 0.25) is 0 Å². The van der Waals surface area contributed by atoms with E-state index in [-0.39, 0.29) is 6.04 Å². The van der Waals surface area contributed by atoms with Crippen molar-refractivity contribution >= 4 is 17.3 Å². The second kappa shape index (κ2) is 7.24. The lowest BCUT2D eigenvalue weighted by atomic mass is 10.3. The number of rotatable bonds is 5. The second-order valence-corrected chi connectivity index (χ2v) is 4.91. The molecule has 0 radical (unpaired) electrons. The third kappa shape index (κ3) is 4.32. The zero-order chi connectivity index (χ0) is 12.7. The van der Waals surface area contributed by atoms with E-state index in [1.165, 1.54) is 4.88 Å². The van der Waals surface area contributed by atoms with Crippen molar-refractivity contribution in [3.63, 3.8) is 0 Å². The van der Waals surface area contributed by atoms with Crippen molar-refractivity contribution in [1.82, 2.24) is 15.7 Å². The van der Waals surface area contributed by atoms with E-state index in [1.807, 2.05) is 6.20 Å². The first-order valence-electron chi connectivity index (χ1n) is 5.93. The first-order valence-corrected chi connectivity index (χ1v) is 6.75. The molecule has 6 heteroatoms. The topological polar surface area (TPSA) is 75.3 Å². The van der Waals surface area contributed by atoms with Crippen molar-refractivity contribution in [3.05, 3.63) is 16.1 Å². The third-order valence-corrected chi connectivity index (χ3v) is 3.60. The molecule has 0 spiro atoms. The summed E-state index contributed by atoms with van der Waals surface area (Å²) in [5.74, 6) is 6.03. The lowest BCUT2D eigenvalue weighted by Crippen LogP contribution is -2.42. The number of guanidine groups is 1. The predicted molar refractivity (Wildman–Crippen MR) is 73.0 cm³/mol. The van der Waals surface area contributed by atoms with E-state index in [4.69, 9.17) is 5.84 Å². The number of nitrogens with zero attached hydrogens (tertiary/aromatic N) is 2. The maximum absolute atomic E-state index is 5.41. The van der Waals surface area contributed by atoms with Crippen LogP contribution in [-0.2, 0) is 6.42 Å². The number of nitrogens with two attached hydrogens (primary N) is 1. The van der Waals surface area contributed by atoms with Gasteiger partial charge in [0.2, 0.25) is 5.96 Å². The summed E-state index contributed by atoms with van der Waals surface area (Å²) in [6, 6.07) is 0.118. The van der Waals surface area contributed by atoms with E-state index in [1.54, 1.807) is 11.3 Å². The molecule has 1 rings (SSSR count). The Labute approximate surface area is 107 Å². The minimum atomic E-state index is 0.118. The SMILES string of the molecule is CCCN=C(NN)NC(C)c1ncc(CC)s1. The fraction of sp³-hybridized carbons (Fsp3) is 0.636. The van der Waals surface area contributed by atoms with E-state index < -0.39 is 0 Å². The lowest BCUT2D eigenvalue weighted by molar-refractivity contribution is 0.681. The zero-order valence-corrected chi connectivity index (χ0v) is 11.5. The molecule has 1 atom stereocenters. The molecule has 0 aliphatic carbocycles. The Morgan fingerprint density at radius 1 is 1.59 bits per heavy atom. The smallest absolute Gasteiger partial charge is 0.206 e. The summed E-state index contributed by atoms with van der Waals surface area (Å²) in [4.78, 5) is 9.98. The standard InChI is InChI=1S/C11H21N5S/c1-4-6-13-11(16-12)15-8(3)10-14-7-9(5-2)17-10/h7-8H,4-6,12H2,1-3H3,(H2,13,15,16). The molecule has 0 fully saturated rings. The van der Waals surface area contributed by atoms with Gasteiger partial charge in [-0.15, -0.1) is 11.3 Å². The van der Waals surface area contributed by atoms with E-state index in [0.717, 1.165) is 24.4 Å². The van der Waals surface area contributed by atoms with Gasteiger partial charge in [-0.1, -0.05) is 13.8 Å². The molecule has 5 nitrogen and oxygen atoms in total. The number of aromatic nitrogens is 1. The van der Waals surface area contributed by atoms with Gasteiger partial charge in [0, 0.05) is 17.6 Å². The predicted octanol–water partition coefficient (Wildman–Crippen LogP) is 1.59. The molecule has 4 N–H and O–H groups in total. The lowest BCUT2D eigenvalue weighted by Gasteiger charge is -2.14. The van der Waals surface area contributed by atoms with Gasteiger partial charge in [0.1, 0.15) is 5.01 Å². The molecule has 1 unspecified atom stereocenters. The van der Waals surface area contributed by atoms with Gasteiger partial charge in [-0.3, -0.25) is 10.4 Å². The van der Waals surface area contributed by atoms with Crippen LogP contribution in [0.5, 0.6) is 0 Å². The van der Waals surface area contributed by atoms with Crippen LogP contribution in [-0.4, -0.2) is 17.5 Å². The molecule has 0 bridgehead atoms. The van der Waals surface area contributed by atoms with Gasteiger partial charge in [-0.2, -0.15) is 0 Å². The molecule has 0 saturated heterocycles. The van der Waals surface area contributed by atoms with E-state index in [9.17, 15) is 0 Å². The van der Waals surface area contributed by atoms with Crippen molar-refractivity contribution in [3.8, 4) is 0 Å². The molecule has 1 heterocycles. The number of nitrogens with one attached hydrogen (secondary N) is 2. The highest BCUT2D eigenvalue weighted by Gasteiger charge is 2.11. The number of hydrazine groups is 1. The fourth-order valence-corrected chi connectivity index (χ4v) is 2.17. The minimum absolute atomic E-state index is 0.118. The van der Waals surface area contributed by atoms with Gasteiger partial charge in [0.15, 0.2) is 0 Å². The molecule has 0 aromatic carbocycles. The summed E-state index contributed by atoms with van der Waals surface area (Å²) in [5, 5.41) is 4.27. The number of aryl methyl sites for hydroxylation is 1. The molecule has 0 aliphatic rings. The Morgan fingerprint density at radius 2 is 2.35 bits per heavy atom. The average Bonchev–Trinajstić information content (AvgIpc) is 2.83. The van der Waals surface area contributed by atoms with Crippen molar-refractivity contribution in [2.24, 2.45) is 10.8 Å². The van der Waals surface area contributed by atoms with Gasteiger partial charge in [-0.05, 0) is 19.8 Å². The number of hydrogen-bond acceptors (Lipinski definition) is 4. The summed E-state index contributed by atoms with van der Waals surface area (Å²) < 4.78 is 0. The van der Waals surface area contributed by atoms with Crippen molar-refractivity contribution < 1.29 is 0 Å². The minimum Gasteiger partial charge on any atom is -0.346 e. The van der Waals surface area contributed by atoms with E-state index in [0.29, 0.717) is 5.96 Å². The number of aliphatic imine (C=N–C) groups is 1. The summed E-state index contributed by atoms with van der Waals surface area (Å²) in [5.41, 5.74) is 2.57. The molecule has 0 amide bonds. The zero-order valence-electron chi connectivity index (χ0n) is 10.7. The Hall–Kier alpha value is -1.14. The Kier molecular flexibility index (Phi) is 5.93. The van der Waals surface area contributed by atoms with Gasteiger partial charge < -0.3 is 5.32 Å². The highest BCUT2D eigenvalue weighted by Crippen LogP contribution is 2.19. The van der Waals surface area contributed by atoms with E-state index in [2.05, 4.69) is 41.5 Å². The summed E-state index contributed by atoms with van der Waals surface area (Å²) in [6.07, 6.45) is 3.95. The van der Waals surface area contributed by atoms with E-state index >= 15 is 0 Å². The van der Waals surface area contributed by atoms with Gasteiger partial charge in [0.05, 0.1) is 6.04 Å². The van der Waals surface area contributed by atoms with Crippen LogP contribution in [0.1, 0.15) is 43.1 Å². The average molecular weight is 255 g/mol. The van der Waals surface area contributed by atoms with Crippen molar-refractivity contribution in [1.29, 1.82) is 0 Å². The van der Waals surface area contributed by atoms with Gasteiger partial charge >= 0.3 is 0 Å². The van der Waals surface area contributed by atoms with Crippen molar-refractivity contribution in [2.75, 3.05) is 6.54 Å². The van der Waals surface area contributed by atoms with Gasteiger partial charge in [-0.25, -0.2) is 10.8 Å². The monoisotopic (exact) mass is 255 g/mol. The molecular weight excluding hydrogens is 234 g/mol. The first-order chi connectivity index (χ1) is 8.21. The molecule has 96 valence electrons. The Balaban J connectivity index is 2.60. The number of hydrogen-bond donors (Lipinski definition) is 3. The van der Waals surface area contributed by atoms with Crippen LogP contribution < -0.4 is 16.6 Å². The van der Waals surface area contributed by atoms with Crippen LogP contribution >= 0.6 is 11.3 Å². The molecule has 17 heavy (non-hydrogen) atoms. The maximum atomic E-state index is 5.41. The normalized spacial score (nSPS) is 13.5. The van der Waals surface area contributed by atoms with Crippen LogP contribution in [0.4, 0.5) is 0 Å². The van der Waals surface area contributed by atoms with Crippen LogP contribution in [0, 0.1) is 0 Å².